The first-order chi connectivity index (χ1) is 32.2. The number of aromatic nitrogens is 1. The molecule has 0 aliphatic heterocycles. The average Bonchev–Trinajstić information content (AvgIpc) is 3.93. The van der Waals surface area contributed by atoms with Crippen LogP contribution in [0.4, 0.5) is 17.1 Å². The molecule has 0 aliphatic rings. The standard InChI is InChI=1S/C62H40N2O/c1-2-16-50-42(13-1)27-28-46-39-44(33-38-51(46)50)41-29-34-47(35-30-41)63(49-15-11-14-45(40-49)53-21-12-22-57-56-20-6-10-26-61(56)65-62(53)57)48-36-31-43(32-37-48)52-17-3-7-23-58(52)64-59-24-8-4-18-54(59)55-19-5-9-25-60(55)64/h1-40H. The summed E-state index contributed by atoms with van der Waals surface area (Å²) >= 11 is 0. The van der Waals surface area contributed by atoms with Gasteiger partial charge in [-0.25, -0.2) is 0 Å². The largest absolute Gasteiger partial charge is 0.455 e. The van der Waals surface area contributed by atoms with Gasteiger partial charge in [0.25, 0.3) is 0 Å². The molecule has 0 saturated carbocycles. The Morgan fingerprint density at radius 3 is 1.66 bits per heavy atom. The summed E-state index contributed by atoms with van der Waals surface area (Å²) in [4.78, 5) is 2.36. The minimum absolute atomic E-state index is 0.896. The van der Waals surface area contributed by atoms with Gasteiger partial charge in [0.1, 0.15) is 11.2 Å². The molecule has 0 radical (unpaired) electrons. The van der Waals surface area contributed by atoms with Gasteiger partial charge < -0.3 is 13.9 Å². The van der Waals surface area contributed by atoms with Crippen LogP contribution in [0.1, 0.15) is 0 Å². The molecular weight excluding hydrogens is 789 g/mol. The van der Waals surface area contributed by atoms with Crippen molar-refractivity contribution in [3.63, 3.8) is 0 Å². The van der Waals surface area contributed by atoms with Crippen LogP contribution in [0.2, 0.25) is 0 Å². The van der Waals surface area contributed by atoms with Gasteiger partial charge in [-0.2, -0.15) is 0 Å². The lowest BCUT2D eigenvalue weighted by atomic mass is 9.97. The Morgan fingerprint density at radius 1 is 0.308 bits per heavy atom. The zero-order valence-corrected chi connectivity index (χ0v) is 35.4. The van der Waals surface area contributed by atoms with Gasteiger partial charge in [-0.1, -0.05) is 176 Å². The molecule has 0 unspecified atom stereocenters. The van der Waals surface area contributed by atoms with Crippen molar-refractivity contribution in [1.82, 2.24) is 4.57 Å². The molecule has 13 aromatic rings. The first-order valence-electron chi connectivity index (χ1n) is 22.2. The highest BCUT2D eigenvalue weighted by molar-refractivity contribution is 6.11. The molecule has 0 spiro atoms. The smallest absolute Gasteiger partial charge is 0.143 e. The molecule has 0 amide bonds. The van der Waals surface area contributed by atoms with Crippen LogP contribution in [-0.4, -0.2) is 4.57 Å². The van der Waals surface area contributed by atoms with Crippen molar-refractivity contribution >= 4 is 82.4 Å². The van der Waals surface area contributed by atoms with Crippen LogP contribution in [-0.2, 0) is 0 Å². The van der Waals surface area contributed by atoms with Crippen molar-refractivity contribution < 1.29 is 4.42 Å². The van der Waals surface area contributed by atoms with Crippen LogP contribution < -0.4 is 4.90 Å². The third-order valence-corrected chi connectivity index (χ3v) is 13.2. The van der Waals surface area contributed by atoms with E-state index in [1.165, 1.54) is 60.0 Å². The second kappa shape index (κ2) is 15.0. The molecule has 3 heteroatoms. The lowest BCUT2D eigenvalue weighted by Crippen LogP contribution is -2.10. The summed E-state index contributed by atoms with van der Waals surface area (Å²) in [7, 11) is 0. The molecule has 0 fully saturated rings. The Hall–Kier alpha value is -8.66. The van der Waals surface area contributed by atoms with Gasteiger partial charge in [-0.3, -0.25) is 0 Å². The van der Waals surface area contributed by atoms with Crippen LogP contribution in [0.25, 0.3) is 104 Å². The van der Waals surface area contributed by atoms with Gasteiger partial charge in [0, 0.05) is 49.7 Å². The summed E-state index contributed by atoms with van der Waals surface area (Å²) in [5.41, 5.74) is 15.4. The lowest BCUT2D eigenvalue weighted by Gasteiger charge is -2.26. The number of anilines is 3. The number of hydrogen-bond donors (Lipinski definition) is 0. The molecule has 2 heterocycles. The molecule has 304 valence electrons. The van der Waals surface area contributed by atoms with E-state index in [4.69, 9.17) is 4.42 Å². The van der Waals surface area contributed by atoms with E-state index < -0.39 is 0 Å². The van der Waals surface area contributed by atoms with E-state index in [0.717, 1.165) is 61.4 Å². The third kappa shape index (κ3) is 6.12. The van der Waals surface area contributed by atoms with Crippen LogP contribution >= 0.6 is 0 Å². The summed E-state index contributed by atoms with van der Waals surface area (Å²) in [5, 5.41) is 9.80. The molecule has 2 aromatic heterocycles. The molecule has 0 aliphatic carbocycles. The highest BCUT2D eigenvalue weighted by Crippen LogP contribution is 2.42. The maximum Gasteiger partial charge on any atom is 0.143 e. The molecule has 3 nitrogen and oxygen atoms in total. The first-order valence-corrected chi connectivity index (χ1v) is 22.2. The molecule has 0 N–H and O–H groups in total. The van der Waals surface area contributed by atoms with E-state index in [-0.39, 0.29) is 0 Å². The summed E-state index contributed by atoms with van der Waals surface area (Å²) < 4.78 is 8.94. The Balaban J connectivity index is 0.926. The number of furan rings is 1. The number of benzene rings is 11. The van der Waals surface area contributed by atoms with E-state index in [0.29, 0.717) is 0 Å². The summed E-state index contributed by atoms with van der Waals surface area (Å²) in [6, 6.07) is 87.7. The van der Waals surface area contributed by atoms with E-state index in [1.807, 2.05) is 12.1 Å². The van der Waals surface area contributed by atoms with Crippen molar-refractivity contribution in [3.8, 4) is 39.1 Å². The molecule has 0 saturated heterocycles. The quantitative estimate of drug-likeness (QED) is 0.149. The second-order valence-electron chi connectivity index (χ2n) is 16.9. The van der Waals surface area contributed by atoms with Gasteiger partial charge in [0.15, 0.2) is 0 Å². The topological polar surface area (TPSA) is 21.3 Å². The van der Waals surface area contributed by atoms with Crippen molar-refractivity contribution in [2.75, 3.05) is 4.90 Å². The minimum atomic E-state index is 0.896. The monoisotopic (exact) mass is 828 g/mol. The zero-order chi connectivity index (χ0) is 42.8. The van der Waals surface area contributed by atoms with Crippen LogP contribution in [0, 0.1) is 0 Å². The van der Waals surface area contributed by atoms with Gasteiger partial charge >= 0.3 is 0 Å². The lowest BCUT2D eigenvalue weighted by molar-refractivity contribution is 0.670. The third-order valence-electron chi connectivity index (χ3n) is 13.2. The predicted octanol–water partition coefficient (Wildman–Crippen LogP) is 17.5. The summed E-state index contributed by atoms with van der Waals surface area (Å²) in [5.74, 6) is 0. The molecular formula is C62H40N2O. The number of nitrogens with zero attached hydrogens (tertiary/aromatic N) is 2. The number of hydrogen-bond acceptors (Lipinski definition) is 2. The van der Waals surface area contributed by atoms with Gasteiger partial charge in [0.05, 0.1) is 16.7 Å². The van der Waals surface area contributed by atoms with Gasteiger partial charge in [0.2, 0.25) is 0 Å². The predicted molar refractivity (Wildman–Crippen MR) is 274 cm³/mol. The number of rotatable bonds is 7. The van der Waals surface area contributed by atoms with E-state index in [2.05, 4.69) is 240 Å². The summed E-state index contributed by atoms with van der Waals surface area (Å²) in [6.07, 6.45) is 0. The van der Waals surface area contributed by atoms with Crippen molar-refractivity contribution in [1.29, 1.82) is 0 Å². The molecule has 11 aromatic carbocycles. The van der Waals surface area contributed by atoms with Crippen molar-refractivity contribution in [2.24, 2.45) is 0 Å². The molecule has 0 atom stereocenters. The fraction of sp³-hybridized carbons (Fsp3) is 0. The molecule has 13 rings (SSSR count). The second-order valence-corrected chi connectivity index (χ2v) is 16.9. The van der Waals surface area contributed by atoms with E-state index in [1.54, 1.807) is 0 Å². The highest BCUT2D eigenvalue weighted by atomic mass is 16.3. The van der Waals surface area contributed by atoms with E-state index >= 15 is 0 Å². The van der Waals surface area contributed by atoms with Gasteiger partial charge in [-0.15, -0.1) is 0 Å². The van der Waals surface area contributed by atoms with Crippen LogP contribution in [0.5, 0.6) is 0 Å². The fourth-order valence-electron chi connectivity index (χ4n) is 10.1. The Kier molecular flexibility index (Phi) is 8.53. The van der Waals surface area contributed by atoms with E-state index in [9.17, 15) is 0 Å². The molecule has 0 bridgehead atoms. The average molecular weight is 829 g/mol. The summed E-state index contributed by atoms with van der Waals surface area (Å²) in [6.45, 7) is 0. The maximum absolute atomic E-state index is 6.53. The Morgan fingerprint density at radius 2 is 0.877 bits per heavy atom. The SMILES string of the molecule is c1cc(-c2cccc3c2oc2ccccc23)cc(N(c2ccc(-c3ccc4c(ccc5ccccc54)c3)cc2)c2ccc(-c3ccccc3-n3c4ccccc4c4ccccc43)cc2)c1. The van der Waals surface area contributed by atoms with Gasteiger partial charge in [-0.05, 0) is 111 Å². The minimum Gasteiger partial charge on any atom is -0.455 e. The van der Waals surface area contributed by atoms with Crippen LogP contribution in [0.3, 0.4) is 0 Å². The highest BCUT2D eigenvalue weighted by Gasteiger charge is 2.19. The Bertz CT molecular complexity index is 3900. The van der Waals surface area contributed by atoms with Crippen molar-refractivity contribution in [3.05, 3.63) is 243 Å². The Labute approximate surface area is 376 Å². The first kappa shape index (κ1) is 36.9. The fourth-order valence-corrected chi connectivity index (χ4v) is 10.1. The number of fused-ring (bicyclic) bond motifs is 9. The van der Waals surface area contributed by atoms with Crippen LogP contribution in [0.15, 0.2) is 247 Å². The number of para-hydroxylation sites is 5. The molecule has 65 heavy (non-hydrogen) atoms. The zero-order valence-electron chi connectivity index (χ0n) is 35.4. The van der Waals surface area contributed by atoms with Crippen molar-refractivity contribution in [2.45, 2.75) is 0 Å². The maximum atomic E-state index is 6.53. The normalized spacial score (nSPS) is 11.7.